The van der Waals surface area contributed by atoms with Crippen molar-refractivity contribution in [2.45, 2.75) is 52.2 Å². The Labute approximate surface area is 233 Å². The first-order valence-corrected chi connectivity index (χ1v) is 13.1. The van der Waals surface area contributed by atoms with Crippen molar-refractivity contribution in [1.82, 2.24) is 14.7 Å². The number of aryl methyl sites for hydroxylation is 1. The van der Waals surface area contributed by atoms with E-state index in [2.05, 4.69) is 11.4 Å². The standard InChI is InChI=1S/C31H33N5O4/c1-18(2)40-27-12-11-24(29(33)38)28(25(27)15-32)23(16-34-31(39)20(4)37)14-21-7-9-22(10-8-21)26-17-36-13-5-6-19(3)30(36)35-26/h5-13,17-18,20,23,37H,14,16H2,1-4H3,(H2,33,38)(H,34,39). The molecule has 0 spiro atoms. The summed E-state index contributed by atoms with van der Waals surface area (Å²) in [6, 6.07) is 17.1. The number of nitrogens with one attached hydrogen (secondary N) is 1. The fourth-order valence-corrected chi connectivity index (χ4v) is 4.74. The summed E-state index contributed by atoms with van der Waals surface area (Å²) >= 11 is 0. The fourth-order valence-electron chi connectivity index (χ4n) is 4.74. The van der Waals surface area contributed by atoms with E-state index in [0.29, 0.717) is 17.7 Å². The van der Waals surface area contributed by atoms with E-state index >= 15 is 0 Å². The van der Waals surface area contributed by atoms with Crippen molar-refractivity contribution < 1.29 is 19.4 Å². The molecule has 9 heteroatoms. The van der Waals surface area contributed by atoms with Crippen molar-refractivity contribution in [3.63, 3.8) is 0 Å². The van der Waals surface area contributed by atoms with E-state index in [-0.39, 0.29) is 23.8 Å². The second-order valence-corrected chi connectivity index (χ2v) is 10.1. The number of aromatic nitrogens is 2. The number of amides is 2. The Hall–Kier alpha value is -4.68. The maximum absolute atomic E-state index is 12.5. The van der Waals surface area contributed by atoms with Gasteiger partial charge in [-0.2, -0.15) is 5.26 Å². The minimum atomic E-state index is -1.21. The predicted octanol–water partition coefficient (Wildman–Crippen LogP) is 3.89. The summed E-state index contributed by atoms with van der Waals surface area (Å²) in [6.45, 7) is 7.14. The molecule has 4 rings (SSSR count). The van der Waals surface area contributed by atoms with Gasteiger partial charge in [-0.3, -0.25) is 9.59 Å². The highest BCUT2D eigenvalue weighted by Gasteiger charge is 2.26. The number of hydrogen-bond donors (Lipinski definition) is 3. The first kappa shape index (κ1) is 28.3. The highest BCUT2D eigenvalue weighted by Crippen LogP contribution is 2.34. The quantitative estimate of drug-likeness (QED) is 0.279. The maximum Gasteiger partial charge on any atom is 0.249 e. The molecule has 2 aromatic carbocycles. The number of hydrogen-bond acceptors (Lipinski definition) is 6. The van der Waals surface area contributed by atoms with Gasteiger partial charge in [0.05, 0.1) is 17.4 Å². The number of nitriles is 1. The topological polar surface area (TPSA) is 143 Å². The van der Waals surface area contributed by atoms with Gasteiger partial charge in [-0.25, -0.2) is 4.98 Å². The van der Waals surface area contributed by atoms with E-state index in [1.54, 1.807) is 12.1 Å². The van der Waals surface area contributed by atoms with Crippen LogP contribution in [0.3, 0.4) is 0 Å². The number of benzene rings is 2. The smallest absolute Gasteiger partial charge is 0.249 e. The zero-order valence-electron chi connectivity index (χ0n) is 23.0. The van der Waals surface area contributed by atoms with E-state index in [0.717, 1.165) is 28.0 Å². The van der Waals surface area contributed by atoms with Crippen LogP contribution in [0.25, 0.3) is 16.9 Å². The molecule has 2 heterocycles. The van der Waals surface area contributed by atoms with Crippen molar-refractivity contribution in [2.75, 3.05) is 6.54 Å². The second kappa shape index (κ2) is 12.0. The highest BCUT2D eigenvalue weighted by atomic mass is 16.5. The third-order valence-electron chi connectivity index (χ3n) is 6.67. The number of imidazole rings is 1. The number of nitrogens with two attached hydrogens (primary N) is 1. The number of rotatable bonds is 10. The Morgan fingerprint density at radius 2 is 1.88 bits per heavy atom. The van der Waals surface area contributed by atoms with Gasteiger partial charge in [-0.1, -0.05) is 30.3 Å². The molecule has 40 heavy (non-hydrogen) atoms. The number of primary amides is 1. The number of fused-ring (bicyclic) bond motifs is 1. The van der Waals surface area contributed by atoms with Gasteiger partial charge < -0.3 is 25.3 Å². The molecule has 2 unspecified atom stereocenters. The number of pyridine rings is 1. The van der Waals surface area contributed by atoms with Gasteiger partial charge in [0.15, 0.2) is 0 Å². The van der Waals surface area contributed by atoms with Crippen molar-refractivity contribution in [3.05, 3.63) is 88.7 Å². The van der Waals surface area contributed by atoms with Gasteiger partial charge >= 0.3 is 0 Å². The summed E-state index contributed by atoms with van der Waals surface area (Å²) in [5.74, 6) is -1.43. The Balaban J connectivity index is 1.73. The van der Waals surface area contributed by atoms with Gasteiger partial charge in [0.25, 0.3) is 0 Å². The van der Waals surface area contributed by atoms with Crippen LogP contribution in [0.15, 0.2) is 60.9 Å². The van der Waals surface area contributed by atoms with Gasteiger partial charge in [0.2, 0.25) is 11.8 Å². The van der Waals surface area contributed by atoms with Gasteiger partial charge in [0, 0.05) is 36.0 Å². The largest absolute Gasteiger partial charge is 0.490 e. The summed E-state index contributed by atoms with van der Waals surface area (Å²) < 4.78 is 7.85. The molecular weight excluding hydrogens is 506 g/mol. The second-order valence-electron chi connectivity index (χ2n) is 10.1. The first-order chi connectivity index (χ1) is 19.1. The van der Waals surface area contributed by atoms with Gasteiger partial charge in [-0.15, -0.1) is 0 Å². The zero-order valence-corrected chi connectivity index (χ0v) is 23.0. The number of aliphatic hydroxyl groups is 1. The zero-order chi connectivity index (χ0) is 29.0. The lowest BCUT2D eigenvalue weighted by atomic mass is 9.84. The Morgan fingerprint density at radius 1 is 1.15 bits per heavy atom. The van der Waals surface area contributed by atoms with Crippen LogP contribution in [-0.4, -0.2) is 45.1 Å². The lowest BCUT2D eigenvalue weighted by Crippen LogP contribution is -2.36. The molecule has 206 valence electrons. The molecule has 0 aliphatic rings. The SMILES string of the molecule is Cc1cccn2cc(-c3ccc(CC(CNC(=O)C(C)O)c4c(C(N)=O)ccc(OC(C)C)c4C#N)cc3)nc12. The molecule has 2 amide bonds. The molecule has 0 aliphatic heterocycles. The molecule has 9 nitrogen and oxygen atoms in total. The summed E-state index contributed by atoms with van der Waals surface area (Å²) in [7, 11) is 0. The molecule has 2 atom stereocenters. The van der Waals surface area contributed by atoms with E-state index in [4.69, 9.17) is 15.5 Å². The van der Waals surface area contributed by atoms with Gasteiger partial charge in [0.1, 0.15) is 23.6 Å². The molecule has 0 radical (unpaired) electrons. The average Bonchev–Trinajstić information content (AvgIpc) is 3.36. The van der Waals surface area contributed by atoms with Crippen molar-refractivity contribution in [3.8, 4) is 23.1 Å². The van der Waals surface area contributed by atoms with Crippen molar-refractivity contribution in [1.29, 1.82) is 5.26 Å². The van der Waals surface area contributed by atoms with Crippen LogP contribution >= 0.6 is 0 Å². The third kappa shape index (κ3) is 6.14. The van der Waals surface area contributed by atoms with Crippen LogP contribution in [0.2, 0.25) is 0 Å². The van der Waals surface area contributed by atoms with Crippen LogP contribution < -0.4 is 15.8 Å². The number of aliphatic hydroxyl groups excluding tert-OH is 1. The van der Waals surface area contributed by atoms with Crippen LogP contribution in [-0.2, 0) is 11.2 Å². The minimum Gasteiger partial charge on any atom is -0.490 e. The highest BCUT2D eigenvalue weighted by molar-refractivity contribution is 5.95. The van der Waals surface area contributed by atoms with Crippen LogP contribution in [0.1, 0.15) is 59.3 Å². The average molecular weight is 540 g/mol. The molecule has 0 saturated heterocycles. The monoisotopic (exact) mass is 539 g/mol. The Bertz CT molecular complexity index is 1580. The normalized spacial score (nSPS) is 12.6. The van der Waals surface area contributed by atoms with E-state index in [1.165, 1.54) is 6.92 Å². The molecule has 0 fully saturated rings. The minimum absolute atomic E-state index is 0.0668. The van der Waals surface area contributed by atoms with Crippen LogP contribution in [0.4, 0.5) is 0 Å². The molecule has 4 aromatic rings. The lowest BCUT2D eigenvalue weighted by molar-refractivity contribution is -0.128. The van der Waals surface area contributed by atoms with Crippen molar-refractivity contribution >= 4 is 17.5 Å². The lowest BCUT2D eigenvalue weighted by Gasteiger charge is -2.24. The van der Waals surface area contributed by atoms with Crippen LogP contribution in [0, 0.1) is 18.3 Å². The maximum atomic E-state index is 12.5. The fraction of sp³-hybridized carbons (Fsp3) is 0.290. The summed E-state index contributed by atoms with van der Waals surface area (Å²) in [6.07, 6.45) is 2.90. The van der Waals surface area contributed by atoms with E-state index in [9.17, 15) is 20.0 Å². The first-order valence-electron chi connectivity index (χ1n) is 13.1. The summed E-state index contributed by atoms with van der Waals surface area (Å²) in [5, 5.41) is 22.6. The molecule has 0 bridgehead atoms. The molecular formula is C31H33N5O4. The Kier molecular flexibility index (Phi) is 8.51. The number of carbonyl (C=O) groups excluding carboxylic acids is 2. The summed E-state index contributed by atoms with van der Waals surface area (Å²) in [4.78, 5) is 29.5. The van der Waals surface area contributed by atoms with Crippen molar-refractivity contribution in [2.24, 2.45) is 5.73 Å². The third-order valence-corrected chi connectivity index (χ3v) is 6.67. The predicted molar refractivity (Wildman–Crippen MR) is 152 cm³/mol. The number of ether oxygens (including phenoxy) is 1. The van der Waals surface area contributed by atoms with E-state index in [1.807, 2.05) is 74.0 Å². The van der Waals surface area contributed by atoms with E-state index < -0.39 is 23.8 Å². The molecule has 0 aliphatic carbocycles. The number of carbonyl (C=O) groups is 2. The molecule has 4 N–H and O–H groups in total. The van der Waals surface area contributed by atoms with Gasteiger partial charge in [-0.05, 0) is 69.0 Å². The number of nitrogens with zero attached hydrogens (tertiary/aromatic N) is 3. The molecule has 2 aromatic heterocycles. The molecule has 0 saturated carbocycles. The summed E-state index contributed by atoms with van der Waals surface area (Å²) in [5.41, 5.74) is 11.2. The van der Waals surface area contributed by atoms with Crippen LogP contribution in [0.5, 0.6) is 5.75 Å². The Morgan fingerprint density at radius 3 is 2.48 bits per heavy atom.